The minimum atomic E-state index is -0.870. The number of hydrogen-bond donors (Lipinski definition) is 2. The maximum absolute atomic E-state index is 10.7. The lowest BCUT2D eigenvalue weighted by atomic mass is 10.2. The Balaban J connectivity index is 2.07. The highest BCUT2D eigenvalue weighted by Crippen LogP contribution is 2.28. The van der Waals surface area contributed by atoms with Gasteiger partial charge in [0.15, 0.2) is 11.5 Å². The van der Waals surface area contributed by atoms with Crippen LogP contribution in [-0.4, -0.2) is 12.3 Å². The summed E-state index contributed by atoms with van der Waals surface area (Å²) in [7, 11) is 1.54. The Hall–Kier alpha value is -2.08. The molecule has 0 aromatic heterocycles. The van der Waals surface area contributed by atoms with Crippen molar-refractivity contribution in [3.8, 4) is 11.5 Å². The lowest BCUT2D eigenvalue weighted by molar-refractivity contribution is -1.06. The van der Waals surface area contributed by atoms with E-state index in [0.717, 1.165) is 5.56 Å². The zero-order chi connectivity index (χ0) is 14.4. The Labute approximate surface area is 117 Å². The van der Waals surface area contributed by atoms with Crippen LogP contribution in [0.3, 0.4) is 0 Å². The third-order valence-electron chi connectivity index (χ3n) is 2.82. The van der Waals surface area contributed by atoms with E-state index in [9.17, 15) is 5.21 Å². The smallest absolute Gasteiger partial charge is 0.161 e. The van der Waals surface area contributed by atoms with Crippen molar-refractivity contribution in [2.24, 2.45) is 0 Å². The molecule has 0 amide bonds. The van der Waals surface area contributed by atoms with Crippen molar-refractivity contribution in [3.05, 3.63) is 64.9 Å². The number of rotatable bonds is 6. The van der Waals surface area contributed by atoms with Gasteiger partial charge >= 0.3 is 0 Å². The van der Waals surface area contributed by atoms with Gasteiger partial charge in [0, 0.05) is 5.56 Å². The van der Waals surface area contributed by atoms with Crippen LogP contribution >= 0.6 is 0 Å². The molecule has 0 saturated carbocycles. The van der Waals surface area contributed by atoms with Gasteiger partial charge in [0.25, 0.3) is 0 Å². The third kappa shape index (κ3) is 3.96. The summed E-state index contributed by atoms with van der Waals surface area (Å²) in [5.74, 6) is 1.14. The summed E-state index contributed by atoms with van der Waals surface area (Å²) >= 11 is 0. The number of hydrogen-bond acceptors (Lipinski definition) is 4. The van der Waals surface area contributed by atoms with E-state index in [1.807, 2.05) is 30.3 Å². The van der Waals surface area contributed by atoms with Crippen molar-refractivity contribution in [2.45, 2.75) is 13.2 Å². The van der Waals surface area contributed by atoms with Crippen molar-refractivity contribution in [1.29, 1.82) is 0 Å². The molecule has 0 spiro atoms. The second-order valence-electron chi connectivity index (χ2n) is 4.33. The topological polar surface area (TPSA) is 66.2 Å². The molecule has 2 rings (SSSR count). The van der Waals surface area contributed by atoms with Gasteiger partial charge in [-0.3, -0.25) is 0 Å². The monoisotopic (exact) mass is 275 g/mol. The van der Waals surface area contributed by atoms with E-state index in [4.69, 9.17) is 14.7 Å². The molecule has 2 aromatic carbocycles. The zero-order valence-corrected chi connectivity index (χ0v) is 11.2. The first-order valence-corrected chi connectivity index (χ1v) is 6.24. The number of methoxy groups -OCH3 is 1. The molecule has 5 heteroatoms. The summed E-state index contributed by atoms with van der Waals surface area (Å²) in [6.45, 7) is 0.408. The number of nitrogens with one attached hydrogen (secondary N) is 1. The molecule has 0 aliphatic heterocycles. The van der Waals surface area contributed by atoms with E-state index in [1.54, 1.807) is 18.2 Å². The van der Waals surface area contributed by atoms with E-state index in [-0.39, 0.29) is 6.54 Å². The first-order valence-electron chi connectivity index (χ1n) is 6.24. The van der Waals surface area contributed by atoms with Gasteiger partial charge in [-0.1, -0.05) is 30.3 Å². The standard InChI is InChI=1S/C15H17NO4/c1-19-15-9-13(10-16(17)18)7-8-14(15)20-11-12-5-3-2-4-6-12/h2-9,16-17H,10-11H2,1H3. The Bertz CT molecular complexity index is 543. The minimum Gasteiger partial charge on any atom is -0.600 e. The highest BCUT2D eigenvalue weighted by Gasteiger charge is 2.07. The molecule has 20 heavy (non-hydrogen) atoms. The fraction of sp³-hybridized carbons (Fsp3) is 0.200. The summed E-state index contributed by atoms with van der Waals surface area (Å²) in [6, 6.07) is 15.0. The van der Waals surface area contributed by atoms with Crippen molar-refractivity contribution in [3.63, 3.8) is 0 Å². The van der Waals surface area contributed by atoms with Crippen LogP contribution in [0.2, 0.25) is 0 Å². The minimum absolute atomic E-state index is 0.0324. The molecular formula is C15H17NO4. The van der Waals surface area contributed by atoms with E-state index in [2.05, 4.69) is 0 Å². The Morgan fingerprint density at radius 3 is 2.45 bits per heavy atom. The molecule has 0 aliphatic rings. The molecule has 0 fully saturated rings. The Kier molecular flexibility index (Phi) is 4.95. The van der Waals surface area contributed by atoms with Crippen LogP contribution < -0.4 is 14.7 Å². The van der Waals surface area contributed by atoms with Gasteiger partial charge < -0.3 is 14.7 Å². The normalized spacial score (nSPS) is 11.9. The summed E-state index contributed by atoms with van der Waals surface area (Å²) in [6.07, 6.45) is 0. The number of quaternary nitrogens is 1. The SMILES string of the molecule is COc1cc(C[NH+]([O-])O)ccc1OCc1ccccc1. The highest BCUT2D eigenvalue weighted by molar-refractivity contribution is 5.42. The van der Waals surface area contributed by atoms with E-state index in [0.29, 0.717) is 23.7 Å². The summed E-state index contributed by atoms with van der Waals surface area (Å²) in [4.78, 5) is 0. The predicted molar refractivity (Wildman–Crippen MR) is 73.6 cm³/mol. The van der Waals surface area contributed by atoms with Gasteiger partial charge in [-0.05, 0) is 23.8 Å². The quantitative estimate of drug-likeness (QED) is 0.785. The fourth-order valence-electron chi connectivity index (χ4n) is 1.85. The van der Waals surface area contributed by atoms with Crippen molar-refractivity contribution < 1.29 is 19.9 Å². The lowest BCUT2D eigenvalue weighted by Crippen LogP contribution is -3.03. The van der Waals surface area contributed by atoms with Crippen LogP contribution in [0.25, 0.3) is 0 Å². The summed E-state index contributed by atoms with van der Waals surface area (Å²) < 4.78 is 10.9. The molecule has 1 atom stereocenters. The van der Waals surface area contributed by atoms with E-state index < -0.39 is 5.23 Å². The third-order valence-corrected chi connectivity index (χ3v) is 2.82. The second-order valence-corrected chi connectivity index (χ2v) is 4.33. The number of ether oxygens (including phenoxy) is 2. The van der Waals surface area contributed by atoms with E-state index >= 15 is 0 Å². The van der Waals surface area contributed by atoms with Gasteiger partial charge in [-0.2, -0.15) is 0 Å². The van der Waals surface area contributed by atoms with Gasteiger partial charge in [0.1, 0.15) is 13.2 Å². The molecule has 106 valence electrons. The van der Waals surface area contributed by atoms with E-state index in [1.165, 1.54) is 7.11 Å². The van der Waals surface area contributed by atoms with Crippen LogP contribution in [0.5, 0.6) is 11.5 Å². The van der Waals surface area contributed by atoms with Gasteiger partial charge in [0.2, 0.25) is 0 Å². The summed E-state index contributed by atoms with van der Waals surface area (Å²) in [5, 5.41) is 18.6. The maximum atomic E-state index is 10.7. The fourth-order valence-corrected chi connectivity index (χ4v) is 1.85. The van der Waals surface area contributed by atoms with Crippen molar-refractivity contribution in [2.75, 3.05) is 7.11 Å². The van der Waals surface area contributed by atoms with Crippen molar-refractivity contribution in [1.82, 2.24) is 0 Å². The molecule has 0 saturated heterocycles. The zero-order valence-electron chi connectivity index (χ0n) is 11.2. The molecular weight excluding hydrogens is 258 g/mol. The van der Waals surface area contributed by atoms with Crippen LogP contribution in [-0.2, 0) is 13.2 Å². The molecule has 2 N–H and O–H groups in total. The van der Waals surface area contributed by atoms with Gasteiger partial charge in [-0.25, -0.2) is 10.4 Å². The average molecular weight is 275 g/mol. The lowest BCUT2D eigenvalue weighted by Gasteiger charge is -2.15. The molecule has 0 radical (unpaired) electrons. The first kappa shape index (κ1) is 14.3. The maximum Gasteiger partial charge on any atom is 0.161 e. The molecule has 0 heterocycles. The number of hydroxylamine groups is 2. The largest absolute Gasteiger partial charge is 0.600 e. The molecule has 0 aliphatic carbocycles. The van der Waals surface area contributed by atoms with Crippen LogP contribution in [0, 0.1) is 5.21 Å². The highest BCUT2D eigenvalue weighted by atomic mass is 16.8. The van der Waals surface area contributed by atoms with Crippen LogP contribution in [0.4, 0.5) is 0 Å². The molecule has 0 bridgehead atoms. The second kappa shape index (κ2) is 6.91. The Morgan fingerprint density at radius 2 is 1.80 bits per heavy atom. The number of benzene rings is 2. The first-order chi connectivity index (χ1) is 9.69. The predicted octanol–water partition coefficient (Wildman–Crippen LogP) is 1.55. The van der Waals surface area contributed by atoms with Gasteiger partial charge in [-0.15, -0.1) is 0 Å². The Morgan fingerprint density at radius 1 is 1.05 bits per heavy atom. The van der Waals surface area contributed by atoms with Crippen LogP contribution in [0.15, 0.2) is 48.5 Å². The van der Waals surface area contributed by atoms with Gasteiger partial charge in [0.05, 0.1) is 7.11 Å². The van der Waals surface area contributed by atoms with Crippen molar-refractivity contribution >= 4 is 0 Å². The molecule has 1 unspecified atom stereocenters. The average Bonchev–Trinajstić information content (AvgIpc) is 2.46. The van der Waals surface area contributed by atoms with Crippen LogP contribution in [0.1, 0.15) is 11.1 Å². The summed E-state index contributed by atoms with van der Waals surface area (Å²) in [5.41, 5.74) is 1.74. The molecule has 5 nitrogen and oxygen atoms in total. The molecule has 2 aromatic rings.